The van der Waals surface area contributed by atoms with E-state index < -0.39 is 18.1 Å². The largest absolute Gasteiger partial charge is 0.573 e. The number of hydrogen-bond donors (Lipinski definition) is 1. The number of anilines is 1. The summed E-state index contributed by atoms with van der Waals surface area (Å²) in [6.45, 7) is 0. The second-order valence-corrected chi connectivity index (χ2v) is 9.84. The summed E-state index contributed by atoms with van der Waals surface area (Å²) in [6, 6.07) is 11.9. The van der Waals surface area contributed by atoms with Crippen LogP contribution in [0.5, 0.6) is 5.75 Å². The molecule has 2 aromatic carbocycles. The van der Waals surface area contributed by atoms with E-state index in [9.17, 15) is 27.6 Å². The molecule has 0 saturated heterocycles. The molecule has 2 aliphatic carbocycles. The molecule has 2 amide bonds. The predicted molar refractivity (Wildman–Crippen MR) is 127 cm³/mol. The second-order valence-electron chi connectivity index (χ2n) is 9.84. The number of hydrogen-bond acceptors (Lipinski definition) is 4. The molecule has 3 aliphatic rings. The summed E-state index contributed by atoms with van der Waals surface area (Å²) in [5.41, 5.74) is 1.75. The first kappa shape index (κ1) is 25.1. The Morgan fingerprint density at radius 3 is 2.32 bits per heavy atom. The van der Waals surface area contributed by atoms with E-state index in [1.165, 1.54) is 12.1 Å². The molecule has 3 atom stereocenters. The van der Waals surface area contributed by atoms with Crippen LogP contribution in [-0.2, 0) is 9.59 Å². The highest BCUT2D eigenvalue weighted by atomic mass is 19.4. The smallest absolute Gasteiger partial charge is 0.481 e. The van der Waals surface area contributed by atoms with E-state index in [1.54, 1.807) is 4.90 Å². The maximum atomic E-state index is 13.8. The van der Waals surface area contributed by atoms with Crippen molar-refractivity contribution >= 4 is 23.5 Å². The quantitative estimate of drug-likeness (QED) is 0.539. The number of benzene rings is 2. The summed E-state index contributed by atoms with van der Waals surface area (Å²) in [5.74, 6) is -1.95. The predicted octanol–water partition coefficient (Wildman–Crippen LogP) is 5.31. The third kappa shape index (κ3) is 5.14. The average molecular weight is 517 g/mol. The van der Waals surface area contributed by atoms with E-state index in [-0.39, 0.29) is 54.3 Å². The topological polar surface area (TPSA) is 87.2 Å². The van der Waals surface area contributed by atoms with Crippen molar-refractivity contribution in [1.82, 2.24) is 4.90 Å². The van der Waals surface area contributed by atoms with Gasteiger partial charge in [0.05, 0.1) is 12.5 Å². The Bertz CT molecular complexity index is 1200. The standard InChI is InChI=1S/C27H27F3N2O5/c28-27(29,30)37-18-12-8-16(9-13-18)26(36)32-21-6-2-1-4-19(21)25(20-5-3-7-22(20)32)31(17-10-11-17)23(33)14-15-24(34)35/h1-2,4,6,8-9,12-13,17,20,22,25H,3,5,7,10-11,14-15H2,(H,34,35). The van der Waals surface area contributed by atoms with Crippen LogP contribution in [0.25, 0.3) is 0 Å². The lowest BCUT2D eigenvalue weighted by atomic mass is 9.81. The molecule has 1 N–H and O–H groups in total. The van der Waals surface area contributed by atoms with Crippen molar-refractivity contribution in [3.8, 4) is 5.75 Å². The number of ether oxygens (including phenoxy) is 1. The number of rotatable bonds is 7. The fraction of sp³-hybridized carbons (Fsp3) is 0.444. The van der Waals surface area contributed by atoms with E-state index >= 15 is 0 Å². The fourth-order valence-corrected chi connectivity index (χ4v) is 5.86. The number of carboxylic acid groups (broad SMARTS) is 1. The van der Waals surface area contributed by atoms with Gasteiger partial charge in [0.25, 0.3) is 5.91 Å². The van der Waals surface area contributed by atoms with Crippen molar-refractivity contribution in [2.75, 3.05) is 4.90 Å². The van der Waals surface area contributed by atoms with Gasteiger partial charge < -0.3 is 19.6 Å². The molecule has 1 heterocycles. The Balaban J connectivity index is 1.49. The Labute approximate surface area is 211 Å². The number of carbonyl (C=O) groups is 3. The number of nitrogens with zero attached hydrogens (tertiary/aromatic N) is 2. The molecule has 2 saturated carbocycles. The summed E-state index contributed by atoms with van der Waals surface area (Å²) in [6.07, 6.45) is -0.990. The zero-order valence-electron chi connectivity index (χ0n) is 20.0. The van der Waals surface area contributed by atoms with Crippen LogP contribution in [0.15, 0.2) is 48.5 Å². The van der Waals surface area contributed by atoms with Crippen molar-refractivity contribution in [3.63, 3.8) is 0 Å². The molecule has 1 aliphatic heterocycles. The lowest BCUT2D eigenvalue weighted by molar-refractivity contribution is -0.274. The Morgan fingerprint density at radius 1 is 0.973 bits per heavy atom. The van der Waals surface area contributed by atoms with Crippen LogP contribution in [0.4, 0.5) is 18.9 Å². The highest BCUT2D eigenvalue weighted by Crippen LogP contribution is 2.53. The van der Waals surface area contributed by atoms with Gasteiger partial charge in [-0.2, -0.15) is 0 Å². The first-order valence-corrected chi connectivity index (χ1v) is 12.5. The molecule has 37 heavy (non-hydrogen) atoms. The molecule has 10 heteroatoms. The first-order valence-electron chi connectivity index (χ1n) is 12.5. The Kier molecular flexibility index (Phi) is 6.59. The monoisotopic (exact) mass is 516 g/mol. The molecular weight excluding hydrogens is 489 g/mol. The van der Waals surface area contributed by atoms with Gasteiger partial charge in [-0.25, -0.2) is 0 Å². The zero-order chi connectivity index (χ0) is 26.3. The van der Waals surface area contributed by atoms with Crippen LogP contribution in [0, 0.1) is 5.92 Å². The minimum atomic E-state index is -4.82. The van der Waals surface area contributed by atoms with Gasteiger partial charge in [-0.15, -0.1) is 13.2 Å². The van der Waals surface area contributed by atoms with Crippen LogP contribution < -0.4 is 9.64 Å². The summed E-state index contributed by atoms with van der Waals surface area (Å²) < 4.78 is 41.6. The normalized spacial score (nSPS) is 22.7. The van der Waals surface area contributed by atoms with Gasteiger partial charge in [-0.1, -0.05) is 24.6 Å². The van der Waals surface area contributed by atoms with E-state index in [2.05, 4.69) is 4.74 Å². The van der Waals surface area contributed by atoms with Gasteiger partial charge in [0.15, 0.2) is 0 Å². The number of carboxylic acids is 1. The fourth-order valence-electron chi connectivity index (χ4n) is 5.86. The number of halogens is 3. The summed E-state index contributed by atoms with van der Waals surface area (Å²) in [7, 11) is 0. The number of para-hydroxylation sites is 1. The van der Waals surface area contributed by atoms with Gasteiger partial charge in [-0.3, -0.25) is 14.4 Å². The van der Waals surface area contributed by atoms with Crippen LogP contribution in [-0.4, -0.2) is 46.2 Å². The van der Waals surface area contributed by atoms with Crippen molar-refractivity contribution in [2.45, 2.75) is 69.4 Å². The van der Waals surface area contributed by atoms with Crippen molar-refractivity contribution < 1.29 is 37.4 Å². The molecular formula is C27H27F3N2O5. The van der Waals surface area contributed by atoms with Gasteiger partial charge >= 0.3 is 12.3 Å². The number of fused-ring (bicyclic) bond motifs is 2. The number of carbonyl (C=O) groups excluding carboxylic acids is 2. The SMILES string of the molecule is O=C(O)CCC(=O)N(C1CC1)C1c2ccccc2N(C(=O)c2ccc(OC(F)(F)F)cc2)C2CCCC21. The van der Waals surface area contributed by atoms with E-state index in [0.717, 1.165) is 49.8 Å². The van der Waals surface area contributed by atoms with Crippen LogP contribution in [0.3, 0.4) is 0 Å². The lowest BCUT2D eigenvalue weighted by Crippen LogP contribution is -2.52. The third-order valence-electron chi connectivity index (χ3n) is 7.42. The Hall–Kier alpha value is -3.56. The summed E-state index contributed by atoms with van der Waals surface area (Å²) >= 11 is 0. The minimum absolute atomic E-state index is 0.0268. The van der Waals surface area contributed by atoms with Crippen LogP contribution in [0.2, 0.25) is 0 Å². The highest BCUT2D eigenvalue weighted by molar-refractivity contribution is 6.07. The highest BCUT2D eigenvalue weighted by Gasteiger charge is 2.51. The average Bonchev–Trinajstić information content (AvgIpc) is 3.57. The van der Waals surface area contributed by atoms with E-state index in [1.807, 2.05) is 29.2 Å². The van der Waals surface area contributed by atoms with Crippen LogP contribution in [0.1, 0.15) is 66.9 Å². The van der Waals surface area contributed by atoms with Gasteiger partial charge in [0.1, 0.15) is 5.75 Å². The maximum Gasteiger partial charge on any atom is 0.573 e. The number of amides is 2. The van der Waals surface area contributed by atoms with Gasteiger partial charge in [0.2, 0.25) is 5.91 Å². The van der Waals surface area contributed by atoms with Crippen molar-refractivity contribution in [3.05, 3.63) is 59.7 Å². The van der Waals surface area contributed by atoms with Gasteiger partial charge in [-0.05, 0) is 61.6 Å². The molecule has 7 nitrogen and oxygen atoms in total. The van der Waals surface area contributed by atoms with Crippen LogP contribution >= 0.6 is 0 Å². The van der Waals surface area contributed by atoms with Crippen molar-refractivity contribution in [2.24, 2.45) is 5.92 Å². The van der Waals surface area contributed by atoms with E-state index in [0.29, 0.717) is 5.69 Å². The summed E-state index contributed by atoms with van der Waals surface area (Å²) in [5, 5.41) is 9.12. The second kappa shape index (κ2) is 9.72. The molecule has 0 radical (unpaired) electrons. The number of alkyl halides is 3. The molecule has 2 fully saturated rings. The maximum absolute atomic E-state index is 13.8. The molecule has 0 bridgehead atoms. The molecule has 3 unspecified atom stereocenters. The first-order chi connectivity index (χ1) is 17.6. The molecule has 5 rings (SSSR count). The molecule has 2 aromatic rings. The van der Waals surface area contributed by atoms with E-state index in [4.69, 9.17) is 5.11 Å². The lowest BCUT2D eigenvalue weighted by Gasteiger charge is -2.48. The molecule has 0 spiro atoms. The molecule has 0 aromatic heterocycles. The van der Waals surface area contributed by atoms with Gasteiger partial charge in [0, 0.05) is 35.7 Å². The zero-order valence-corrected chi connectivity index (χ0v) is 20.0. The minimum Gasteiger partial charge on any atom is -0.481 e. The molecule has 196 valence electrons. The number of aliphatic carboxylic acids is 1. The Morgan fingerprint density at radius 2 is 1.68 bits per heavy atom. The van der Waals surface area contributed by atoms with Crippen molar-refractivity contribution in [1.29, 1.82) is 0 Å². The summed E-state index contributed by atoms with van der Waals surface area (Å²) in [4.78, 5) is 41.8. The third-order valence-corrected chi connectivity index (χ3v) is 7.42.